The zero-order valence-corrected chi connectivity index (χ0v) is 9.86. The zero-order valence-electron chi connectivity index (χ0n) is 9.04. The summed E-state index contributed by atoms with van der Waals surface area (Å²) in [5, 5.41) is 1.04. The molecule has 1 heterocycles. The fraction of sp³-hybridized carbons (Fsp3) is 0.700. The van der Waals surface area contributed by atoms with Gasteiger partial charge in [-0.1, -0.05) is 13.3 Å². The first-order valence-corrected chi connectivity index (χ1v) is 5.75. The van der Waals surface area contributed by atoms with E-state index in [-0.39, 0.29) is 6.10 Å². The lowest BCUT2D eigenvalue weighted by Gasteiger charge is -2.03. The van der Waals surface area contributed by atoms with Gasteiger partial charge in [-0.2, -0.15) is 0 Å². The van der Waals surface area contributed by atoms with Crippen LogP contribution in [0, 0.1) is 0 Å². The Kier molecular flexibility index (Phi) is 4.51. The van der Waals surface area contributed by atoms with Crippen LogP contribution in [-0.2, 0) is 17.7 Å². The van der Waals surface area contributed by atoms with Crippen LogP contribution in [-0.4, -0.2) is 12.1 Å². The van der Waals surface area contributed by atoms with Gasteiger partial charge in [0.1, 0.15) is 11.1 Å². The van der Waals surface area contributed by atoms with E-state index in [0.29, 0.717) is 6.54 Å². The Morgan fingerprint density at radius 2 is 2.29 bits per heavy atom. The Bertz CT molecular complexity index is 286. The molecule has 2 N–H and O–H groups in total. The van der Waals surface area contributed by atoms with Crippen LogP contribution in [0.5, 0.6) is 0 Å². The summed E-state index contributed by atoms with van der Waals surface area (Å²) in [6, 6.07) is 0. The molecule has 0 bridgehead atoms. The van der Waals surface area contributed by atoms with Gasteiger partial charge in [0.15, 0.2) is 0 Å². The van der Waals surface area contributed by atoms with Gasteiger partial charge in [-0.3, -0.25) is 0 Å². The smallest absolute Gasteiger partial charge is 0.122 e. The van der Waals surface area contributed by atoms with Gasteiger partial charge in [-0.05, 0) is 13.3 Å². The first-order chi connectivity index (χ1) is 6.72. The summed E-state index contributed by atoms with van der Waals surface area (Å²) in [4.78, 5) is 5.75. The van der Waals surface area contributed by atoms with Crippen LogP contribution in [0.4, 0.5) is 0 Å². The maximum absolute atomic E-state index is 5.67. The number of aryl methyl sites for hydroxylation is 1. The Morgan fingerprint density at radius 3 is 2.79 bits per heavy atom. The average molecular weight is 214 g/mol. The molecule has 14 heavy (non-hydrogen) atoms. The van der Waals surface area contributed by atoms with Gasteiger partial charge in [-0.25, -0.2) is 4.98 Å². The first-order valence-electron chi connectivity index (χ1n) is 4.94. The lowest BCUT2D eigenvalue weighted by Crippen LogP contribution is -1.98. The molecule has 0 aliphatic rings. The minimum Gasteiger partial charge on any atom is -0.375 e. The summed E-state index contributed by atoms with van der Waals surface area (Å²) in [5.74, 6) is 0. The van der Waals surface area contributed by atoms with Gasteiger partial charge in [0.25, 0.3) is 0 Å². The van der Waals surface area contributed by atoms with Gasteiger partial charge in [0, 0.05) is 18.5 Å². The standard InChI is InChI=1S/C10H18N2OS/c1-4-5-8-9(6-11)14-10(12-8)7(2)13-3/h7H,4-6,11H2,1-3H3. The van der Waals surface area contributed by atoms with Crippen LogP contribution in [0.25, 0.3) is 0 Å². The van der Waals surface area contributed by atoms with Gasteiger partial charge < -0.3 is 10.5 Å². The summed E-state index contributed by atoms with van der Waals surface area (Å²) in [5.41, 5.74) is 6.82. The molecule has 0 fully saturated rings. The van der Waals surface area contributed by atoms with Crippen molar-refractivity contribution in [3.05, 3.63) is 15.6 Å². The molecule has 1 aromatic rings. The van der Waals surface area contributed by atoms with Crippen LogP contribution < -0.4 is 5.73 Å². The normalized spacial score (nSPS) is 13.1. The lowest BCUT2D eigenvalue weighted by molar-refractivity contribution is 0.119. The summed E-state index contributed by atoms with van der Waals surface area (Å²) < 4.78 is 5.23. The minimum absolute atomic E-state index is 0.0795. The van der Waals surface area contributed by atoms with Crippen LogP contribution in [0.1, 0.15) is 42.0 Å². The third-order valence-corrected chi connectivity index (χ3v) is 3.45. The Morgan fingerprint density at radius 1 is 1.57 bits per heavy atom. The van der Waals surface area contributed by atoms with E-state index in [4.69, 9.17) is 10.5 Å². The molecule has 4 heteroatoms. The first kappa shape index (κ1) is 11.6. The number of ether oxygens (including phenoxy) is 1. The number of methoxy groups -OCH3 is 1. The van der Waals surface area contributed by atoms with E-state index < -0.39 is 0 Å². The highest BCUT2D eigenvalue weighted by atomic mass is 32.1. The second-order valence-electron chi connectivity index (χ2n) is 3.25. The predicted octanol–water partition coefficient (Wildman–Crippen LogP) is 2.26. The molecule has 1 atom stereocenters. The van der Waals surface area contributed by atoms with Crippen molar-refractivity contribution in [1.29, 1.82) is 0 Å². The van der Waals surface area contributed by atoms with Gasteiger partial charge >= 0.3 is 0 Å². The van der Waals surface area contributed by atoms with E-state index >= 15 is 0 Å². The maximum atomic E-state index is 5.67. The van der Waals surface area contributed by atoms with E-state index in [0.717, 1.165) is 23.5 Å². The van der Waals surface area contributed by atoms with Crippen LogP contribution in [0.3, 0.4) is 0 Å². The monoisotopic (exact) mass is 214 g/mol. The molecule has 1 aromatic heterocycles. The predicted molar refractivity (Wildman–Crippen MR) is 59.4 cm³/mol. The van der Waals surface area contributed by atoms with E-state index in [1.807, 2.05) is 6.92 Å². The molecular weight excluding hydrogens is 196 g/mol. The van der Waals surface area contributed by atoms with Crippen LogP contribution >= 0.6 is 11.3 Å². The van der Waals surface area contributed by atoms with Crippen molar-refractivity contribution in [2.24, 2.45) is 5.73 Å². The number of nitrogens with two attached hydrogens (primary N) is 1. The number of aromatic nitrogens is 1. The molecule has 0 aliphatic heterocycles. The fourth-order valence-corrected chi connectivity index (χ4v) is 2.29. The van der Waals surface area contributed by atoms with Gasteiger partial charge in [0.05, 0.1) is 5.69 Å². The number of nitrogens with zero attached hydrogens (tertiary/aromatic N) is 1. The maximum Gasteiger partial charge on any atom is 0.122 e. The fourth-order valence-electron chi connectivity index (χ4n) is 1.27. The molecule has 0 amide bonds. The Hall–Kier alpha value is -0.450. The Labute approximate surface area is 89.3 Å². The lowest BCUT2D eigenvalue weighted by atomic mass is 10.2. The highest BCUT2D eigenvalue weighted by Crippen LogP contribution is 2.25. The van der Waals surface area contributed by atoms with Crippen molar-refractivity contribution < 1.29 is 4.74 Å². The number of rotatable bonds is 5. The molecular formula is C10H18N2OS. The third kappa shape index (κ3) is 2.53. The molecule has 1 unspecified atom stereocenters. The van der Waals surface area contributed by atoms with Crippen molar-refractivity contribution in [3.63, 3.8) is 0 Å². The quantitative estimate of drug-likeness (QED) is 0.818. The van der Waals surface area contributed by atoms with Gasteiger partial charge in [0.2, 0.25) is 0 Å². The van der Waals surface area contributed by atoms with Crippen molar-refractivity contribution in [2.75, 3.05) is 7.11 Å². The van der Waals surface area contributed by atoms with Crippen molar-refractivity contribution in [1.82, 2.24) is 4.98 Å². The number of thiazole rings is 1. The highest BCUT2D eigenvalue weighted by Gasteiger charge is 2.13. The molecule has 0 aromatic carbocycles. The summed E-state index contributed by atoms with van der Waals surface area (Å²) >= 11 is 1.67. The van der Waals surface area contributed by atoms with Crippen molar-refractivity contribution >= 4 is 11.3 Å². The van der Waals surface area contributed by atoms with Crippen molar-refractivity contribution in [2.45, 2.75) is 39.3 Å². The largest absolute Gasteiger partial charge is 0.375 e. The minimum atomic E-state index is 0.0795. The van der Waals surface area contributed by atoms with Crippen LogP contribution in [0.2, 0.25) is 0 Å². The van der Waals surface area contributed by atoms with Crippen molar-refractivity contribution in [3.8, 4) is 0 Å². The zero-order chi connectivity index (χ0) is 10.6. The third-order valence-electron chi connectivity index (χ3n) is 2.17. The second-order valence-corrected chi connectivity index (χ2v) is 4.37. The highest BCUT2D eigenvalue weighted by molar-refractivity contribution is 7.11. The second kappa shape index (κ2) is 5.44. The van der Waals surface area contributed by atoms with Crippen LogP contribution in [0.15, 0.2) is 0 Å². The average Bonchev–Trinajstić information content (AvgIpc) is 2.60. The number of hydrogen-bond donors (Lipinski definition) is 1. The molecule has 1 rings (SSSR count). The molecule has 3 nitrogen and oxygen atoms in total. The van der Waals surface area contributed by atoms with E-state index in [1.165, 1.54) is 4.88 Å². The topological polar surface area (TPSA) is 48.1 Å². The summed E-state index contributed by atoms with van der Waals surface area (Å²) in [7, 11) is 1.70. The Balaban J connectivity index is 2.88. The molecule has 80 valence electrons. The van der Waals surface area contributed by atoms with E-state index in [9.17, 15) is 0 Å². The van der Waals surface area contributed by atoms with E-state index in [1.54, 1.807) is 18.4 Å². The van der Waals surface area contributed by atoms with Gasteiger partial charge in [-0.15, -0.1) is 11.3 Å². The molecule has 0 saturated heterocycles. The van der Waals surface area contributed by atoms with E-state index in [2.05, 4.69) is 11.9 Å². The molecule has 0 saturated carbocycles. The molecule has 0 spiro atoms. The summed E-state index contributed by atoms with van der Waals surface area (Å²) in [6.45, 7) is 4.75. The number of hydrogen-bond acceptors (Lipinski definition) is 4. The molecule has 0 radical (unpaired) electrons. The molecule has 0 aliphatic carbocycles. The SMILES string of the molecule is CCCc1nc(C(C)OC)sc1CN. The summed E-state index contributed by atoms with van der Waals surface area (Å²) in [6.07, 6.45) is 2.20.